The van der Waals surface area contributed by atoms with Crippen LogP contribution in [-0.2, 0) is 12.0 Å². The Labute approximate surface area is 183 Å². The molecule has 0 saturated carbocycles. The van der Waals surface area contributed by atoms with Crippen molar-refractivity contribution in [1.29, 1.82) is 0 Å². The Morgan fingerprint density at radius 2 is 1.84 bits per heavy atom. The first-order valence-electron chi connectivity index (χ1n) is 10.1. The number of benzene rings is 2. The average Bonchev–Trinajstić information content (AvgIpc) is 3.03. The summed E-state index contributed by atoms with van der Waals surface area (Å²) >= 11 is 0. The number of hydrogen-bond acceptors (Lipinski definition) is 2. The van der Waals surface area contributed by atoms with Crippen LogP contribution < -0.4 is 5.56 Å². The number of H-pyrrole nitrogens is 1. The van der Waals surface area contributed by atoms with Gasteiger partial charge in [0.2, 0.25) is 0 Å². The van der Waals surface area contributed by atoms with Gasteiger partial charge in [0.05, 0.1) is 6.54 Å². The number of carboxylic acid groups (broad SMARTS) is 1. The van der Waals surface area contributed by atoms with E-state index in [2.05, 4.69) is 4.98 Å². The van der Waals surface area contributed by atoms with E-state index in [1.165, 1.54) is 16.8 Å². The van der Waals surface area contributed by atoms with Crippen LogP contribution in [0.15, 0.2) is 59.5 Å². The molecule has 2 aromatic carbocycles. The lowest BCUT2D eigenvalue weighted by molar-refractivity contribution is 0.0687. The highest BCUT2D eigenvalue weighted by Crippen LogP contribution is 2.37. The molecule has 0 atom stereocenters. The summed E-state index contributed by atoms with van der Waals surface area (Å²) in [6, 6.07) is 11.9. The number of rotatable bonds is 4. The van der Waals surface area contributed by atoms with Crippen LogP contribution >= 0.6 is 0 Å². The molecule has 0 fully saturated rings. The number of hydrogen-bond donors (Lipinski definition) is 2. The van der Waals surface area contributed by atoms with E-state index in [0.29, 0.717) is 10.9 Å². The van der Waals surface area contributed by atoms with E-state index in [1.54, 1.807) is 18.2 Å². The zero-order chi connectivity index (χ0) is 23.2. The first kappa shape index (κ1) is 21.5. The number of aromatic amines is 1. The zero-order valence-corrected chi connectivity index (χ0v) is 17.9. The van der Waals surface area contributed by atoms with Gasteiger partial charge in [-0.15, -0.1) is 0 Å². The molecular weight excluding hydrogens is 414 g/mol. The fourth-order valence-corrected chi connectivity index (χ4v) is 3.92. The van der Waals surface area contributed by atoms with Gasteiger partial charge in [-0.1, -0.05) is 32.9 Å². The van der Waals surface area contributed by atoms with Crippen molar-refractivity contribution in [3.8, 4) is 11.1 Å². The summed E-state index contributed by atoms with van der Waals surface area (Å²) in [6.45, 7) is 5.97. The molecule has 0 saturated heterocycles. The van der Waals surface area contributed by atoms with Crippen LogP contribution in [-0.4, -0.2) is 20.6 Å². The van der Waals surface area contributed by atoms with Gasteiger partial charge in [0, 0.05) is 39.9 Å². The summed E-state index contributed by atoms with van der Waals surface area (Å²) in [4.78, 5) is 27.6. The third kappa shape index (κ3) is 3.70. The molecule has 0 aliphatic heterocycles. The van der Waals surface area contributed by atoms with Crippen LogP contribution in [0.2, 0.25) is 0 Å². The van der Waals surface area contributed by atoms with E-state index < -0.39 is 23.2 Å². The number of carbonyl (C=O) groups is 1. The van der Waals surface area contributed by atoms with Gasteiger partial charge < -0.3 is 14.7 Å². The van der Waals surface area contributed by atoms with Crippen molar-refractivity contribution >= 4 is 16.9 Å². The van der Waals surface area contributed by atoms with Crippen molar-refractivity contribution in [1.82, 2.24) is 9.55 Å². The smallest absolute Gasteiger partial charge is 0.353 e. The van der Waals surface area contributed by atoms with Gasteiger partial charge in [-0.05, 0) is 41.3 Å². The second-order valence-electron chi connectivity index (χ2n) is 8.75. The molecule has 5 nitrogen and oxygen atoms in total. The normalized spacial score (nSPS) is 11.8. The predicted octanol–water partition coefficient (Wildman–Crippen LogP) is 5.32. The molecule has 0 aliphatic rings. The molecule has 0 amide bonds. The summed E-state index contributed by atoms with van der Waals surface area (Å²) in [5, 5.41) is 10.7. The minimum absolute atomic E-state index is 0.133. The highest BCUT2D eigenvalue weighted by molar-refractivity contribution is 6.08. The van der Waals surface area contributed by atoms with Crippen LogP contribution in [0.25, 0.3) is 22.0 Å². The highest BCUT2D eigenvalue weighted by Gasteiger charge is 2.27. The first-order valence-corrected chi connectivity index (χ1v) is 10.1. The van der Waals surface area contributed by atoms with Gasteiger partial charge in [-0.3, -0.25) is 4.79 Å². The SMILES string of the molecule is CC(C)(C)c1ccc2c(c1)c(-c1ccc[nH]c1=O)c(C(=O)O)n2Cc1ccc(F)cc1F. The molecule has 0 radical (unpaired) electrons. The molecule has 164 valence electrons. The Morgan fingerprint density at radius 3 is 2.47 bits per heavy atom. The van der Waals surface area contributed by atoms with E-state index in [1.807, 2.05) is 32.9 Å². The number of carboxylic acids is 1. The lowest BCUT2D eigenvalue weighted by Crippen LogP contribution is -2.14. The fraction of sp³-hybridized carbons (Fsp3) is 0.200. The third-order valence-corrected chi connectivity index (χ3v) is 5.56. The van der Waals surface area contributed by atoms with Crippen molar-refractivity contribution in [2.75, 3.05) is 0 Å². The van der Waals surface area contributed by atoms with Crippen molar-refractivity contribution < 1.29 is 18.7 Å². The van der Waals surface area contributed by atoms with Gasteiger partial charge >= 0.3 is 5.97 Å². The van der Waals surface area contributed by atoms with Gasteiger partial charge in [0.1, 0.15) is 17.3 Å². The van der Waals surface area contributed by atoms with E-state index in [-0.39, 0.29) is 34.3 Å². The maximum absolute atomic E-state index is 14.4. The fourth-order valence-electron chi connectivity index (χ4n) is 3.92. The minimum atomic E-state index is -1.25. The van der Waals surface area contributed by atoms with E-state index in [9.17, 15) is 23.5 Å². The van der Waals surface area contributed by atoms with Crippen molar-refractivity contribution in [2.45, 2.75) is 32.7 Å². The molecule has 2 heterocycles. The zero-order valence-electron chi connectivity index (χ0n) is 17.9. The maximum atomic E-state index is 14.4. The second kappa shape index (κ2) is 7.75. The molecule has 2 N–H and O–H groups in total. The van der Waals surface area contributed by atoms with Crippen LogP contribution in [0.1, 0.15) is 42.4 Å². The first-order chi connectivity index (χ1) is 15.1. The second-order valence-corrected chi connectivity index (χ2v) is 8.75. The molecule has 7 heteroatoms. The van der Waals surface area contributed by atoms with E-state index >= 15 is 0 Å². The van der Waals surface area contributed by atoms with Gasteiger partial charge in [0.15, 0.2) is 0 Å². The average molecular weight is 436 g/mol. The molecule has 0 unspecified atom stereocenters. The highest BCUT2D eigenvalue weighted by atomic mass is 19.1. The van der Waals surface area contributed by atoms with Gasteiger partial charge in [-0.2, -0.15) is 0 Å². The summed E-state index contributed by atoms with van der Waals surface area (Å²) in [7, 11) is 0. The lowest BCUT2D eigenvalue weighted by Gasteiger charge is -2.19. The number of fused-ring (bicyclic) bond motifs is 1. The maximum Gasteiger partial charge on any atom is 0.353 e. The van der Waals surface area contributed by atoms with E-state index in [4.69, 9.17) is 0 Å². The van der Waals surface area contributed by atoms with Crippen LogP contribution in [0.3, 0.4) is 0 Å². The summed E-state index contributed by atoms with van der Waals surface area (Å²) < 4.78 is 29.3. The molecule has 4 aromatic rings. The van der Waals surface area contributed by atoms with Crippen LogP contribution in [0.4, 0.5) is 8.78 Å². The lowest BCUT2D eigenvalue weighted by atomic mass is 9.86. The quantitative estimate of drug-likeness (QED) is 0.455. The summed E-state index contributed by atoms with van der Waals surface area (Å²) in [6.07, 6.45) is 1.47. The number of nitrogens with one attached hydrogen (secondary N) is 1. The van der Waals surface area contributed by atoms with Crippen molar-refractivity contribution in [3.63, 3.8) is 0 Å². The standard InChI is InChI=1S/C25H22F2N2O3/c1-25(2,3)15-7-9-20-18(11-15)21(17-5-4-10-28-23(17)30)22(24(31)32)29(20)13-14-6-8-16(26)12-19(14)27/h4-12H,13H2,1-3H3,(H,28,30)(H,31,32). The van der Waals surface area contributed by atoms with Crippen LogP contribution in [0, 0.1) is 11.6 Å². The molecule has 32 heavy (non-hydrogen) atoms. The molecule has 0 spiro atoms. The summed E-state index contributed by atoms with van der Waals surface area (Å²) in [5.41, 5.74) is 1.33. The van der Waals surface area contributed by atoms with Gasteiger partial charge in [-0.25, -0.2) is 13.6 Å². The molecular formula is C25H22F2N2O3. The number of nitrogens with zero attached hydrogens (tertiary/aromatic N) is 1. The molecule has 0 aliphatic carbocycles. The Bertz CT molecular complexity index is 1410. The number of halogens is 2. The predicted molar refractivity (Wildman–Crippen MR) is 119 cm³/mol. The number of pyridine rings is 1. The third-order valence-electron chi connectivity index (χ3n) is 5.56. The van der Waals surface area contributed by atoms with Crippen molar-refractivity contribution in [3.05, 3.63) is 93.5 Å². The number of aromatic nitrogens is 2. The monoisotopic (exact) mass is 436 g/mol. The van der Waals surface area contributed by atoms with E-state index in [0.717, 1.165) is 17.7 Å². The Kier molecular flexibility index (Phi) is 5.20. The largest absolute Gasteiger partial charge is 0.477 e. The Hall–Kier alpha value is -3.74. The Balaban J connectivity index is 2.09. The van der Waals surface area contributed by atoms with Gasteiger partial charge in [0.25, 0.3) is 5.56 Å². The Morgan fingerprint density at radius 1 is 1.09 bits per heavy atom. The number of aromatic carboxylic acids is 1. The van der Waals surface area contributed by atoms with Crippen molar-refractivity contribution in [2.24, 2.45) is 0 Å². The molecule has 4 rings (SSSR count). The topological polar surface area (TPSA) is 75.1 Å². The molecule has 2 aromatic heterocycles. The minimum Gasteiger partial charge on any atom is -0.477 e. The summed E-state index contributed by atoms with van der Waals surface area (Å²) in [5.74, 6) is -2.73. The molecule has 0 bridgehead atoms. The van der Waals surface area contributed by atoms with Crippen LogP contribution in [0.5, 0.6) is 0 Å².